The zero-order chi connectivity index (χ0) is 29.7. The molecule has 0 fully saturated rings. The summed E-state index contributed by atoms with van der Waals surface area (Å²) in [7, 11) is 0. The summed E-state index contributed by atoms with van der Waals surface area (Å²) in [6.45, 7) is 8.32. The van der Waals surface area contributed by atoms with Crippen molar-refractivity contribution in [3.05, 3.63) is 140 Å². The van der Waals surface area contributed by atoms with Crippen LogP contribution in [-0.4, -0.2) is 9.55 Å². The molecule has 0 N–H and O–H groups in total. The predicted octanol–water partition coefficient (Wildman–Crippen LogP) is 8.78. The van der Waals surface area contributed by atoms with Gasteiger partial charge in [0.05, 0.1) is 2.74 Å². The molecule has 2 aromatic heterocycles. The second kappa shape index (κ2) is 11.1. The predicted molar refractivity (Wildman–Crippen MR) is 166 cm³/mol. The van der Waals surface area contributed by atoms with Gasteiger partial charge in [0.1, 0.15) is 5.82 Å². The van der Waals surface area contributed by atoms with Gasteiger partial charge in [0.15, 0.2) is 0 Å². The van der Waals surface area contributed by atoms with Gasteiger partial charge < -0.3 is 19.1 Å². The summed E-state index contributed by atoms with van der Waals surface area (Å²) in [4.78, 5) is 8.05. The van der Waals surface area contributed by atoms with Crippen LogP contribution in [0.25, 0.3) is 27.6 Å². The fourth-order valence-corrected chi connectivity index (χ4v) is 5.06. The van der Waals surface area contributed by atoms with Crippen LogP contribution in [0.2, 0.25) is 0 Å². The van der Waals surface area contributed by atoms with Crippen LogP contribution in [0, 0.1) is 18.8 Å². The number of hydrogen-bond acceptors (Lipinski definition) is 4. The van der Waals surface area contributed by atoms with Gasteiger partial charge in [-0.1, -0.05) is 62.7 Å². The number of rotatable bonds is 5. The second-order valence-electron chi connectivity index (χ2n) is 11.0. The van der Waals surface area contributed by atoms with Crippen LogP contribution in [-0.2, 0) is 26.5 Å². The van der Waals surface area contributed by atoms with Crippen LogP contribution in [0.4, 0.5) is 11.4 Å². The quantitative estimate of drug-likeness (QED) is 0.166. The second-order valence-corrected chi connectivity index (χ2v) is 11.0. The van der Waals surface area contributed by atoms with Gasteiger partial charge in [0, 0.05) is 50.0 Å². The van der Waals surface area contributed by atoms with Crippen LogP contribution in [0.1, 0.15) is 29.1 Å². The first kappa shape index (κ1) is 25.4. The van der Waals surface area contributed by atoms with E-state index in [4.69, 9.17) is 12.5 Å². The third-order valence-electron chi connectivity index (χ3n) is 7.19. The Balaban J connectivity index is 0.00000343. The van der Waals surface area contributed by atoms with Crippen LogP contribution < -0.4 is 14.5 Å². The molecule has 0 unspecified atom stereocenters. The zero-order valence-electron chi connectivity index (χ0n) is 25.4. The molecule has 5 nitrogen and oxygen atoms in total. The summed E-state index contributed by atoms with van der Waals surface area (Å²) < 4.78 is 25.5. The summed E-state index contributed by atoms with van der Waals surface area (Å²) in [5, 5.41) is 2.17. The molecule has 0 radical (unpaired) electrons. The molecule has 0 atom stereocenters. The summed E-state index contributed by atoms with van der Waals surface area (Å²) in [5.74, 6) is 1.85. The molecule has 0 saturated carbocycles. The third kappa shape index (κ3) is 5.21. The van der Waals surface area contributed by atoms with E-state index in [-0.39, 0.29) is 38.8 Å². The topological polar surface area (TPSA) is 33.5 Å². The number of hydrogen-bond donors (Lipinski definition) is 0. The van der Waals surface area contributed by atoms with Crippen molar-refractivity contribution in [2.24, 2.45) is 0 Å². The standard InChI is InChI=1S/C36H29N4O.Pt/c1-36(2,3)26-18-19-37-35(22-26)40-33-15-8-7-14-31(33)32-17-16-30(24-34(32)40)41-29-13-9-12-28(23-29)39-21-20-38(25-39)27-10-5-4-6-11-27;/h4-22,25H,1-3H3;/q-3;/i20D,21D;. The molecule has 0 spiro atoms. The van der Waals surface area contributed by atoms with Crippen molar-refractivity contribution in [1.82, 2.24) is 9.55 Å². The Morgan fingerprint density at radius 2 is 1.55 bits per heavy atom. The Labute approximate surface area is 263 Å². The van der Waals surface area contributed by atoms with E-state index in [9.17, 15) is 0 Å². The van der Waals surface area contributed by atoms with E-state index in [1.54, 1.807) is 16.5 Å². The molecular weight excluding hydrogens is 700 g/mol. The first-order chi connectivity index (χ1) is 20.8. The van der Waals surface area contributed by atoms with Gasteiger partial charge in [-0.2, -0.15) is 12.1 Å². The molecule has 0 bridgehead atoms. The minimum Gasteiger partial charge on any atom is -0.509 e. The molecule has 6 aromatic rings. The minimum absolute atomic E-state index is 0. The molecule has 0 aliphatic carbocycles. The number of anilines is 2. The van der Waals surface area contributed by atoms with E-state index in [2.05, 4.69) is 67.8 Å². The van der Waals surface area contributed by atoms with Gasteiger partial charge in [-0.05, 0) is 59.0 Å². The number of nitrogens with zero attached hydrogens (tertiary/aromatic N) is 4. The molecular formula is C36H29N4OPt-3. The fraction of sp³-hybridized carbons (Fsp3) is 0.111. The Morgan fingerprint density at radius 1 is 0.786 bits per heavy atom. The van der Waals surface area contributed by atoms with Crippen molar-refractivity contribution in [1.29, 1.82) is 0 Å². The molecule has 1 aliphatic rings. The normalized spacial score (nSPS) is 14.3. The average Bonchev–Trinajstić information content (AvgIpc) is 3.50. The summed E-state index contributed by atoms with van der Waals surface area (Å²) in [5.41, 5.74) is 4.51. The number of benzene rings is 4. The van der Waals surface area contributed by atoms with Crippen LogP contribution in [0.15, 0.2) is 116 Å². The molecule has 0 amide bonds. The number of ether oxygens (including phenoxy) is 1. The Kier molecular flexibility index (Phi) is 6.74. The Hall–Kier alpha value is -4.34. The molecule has 6 heteroatoms. The molecule has 0 saturated heterocycles. The van der Waals surface area contributed by atoms with Crippen molar-refractivity contribution in [3.63, 3.8) is 0 Å². The summed E-state index contributed by atoms with van der Waals surface area (Å²) in [6.07, 6.45) is 2.00. The molecule has 4 aromatic carbocycles. The van der Waals surface area contributed by atoms with Gasteiger partial charge in [-0.15, -0.1) is 48.1 Å². The van der Waals surface area contributed by atoms with Crippen molar-refractivity contribution >= 4 is 33.2 Å². The van der Waals surface area contributed by atoms with Gasteiger partial charge in [-0.3, -0.25) is 0 Å². The average molecular weight is 731 g/mol. The van der Waals surface area contributed by atoms with Crippen LogP contribution in [0.3, 0.4) is 0 Å². The van der Waals surface area contributed by atoms with E-state index < -0.39 is 0 Å². The first-order valence-corrected chi connectivity index (χ1v) is 13.6. The molecule has 3 heterocycles. The smallest absolute Gasteiger partial charge is 0.135 e. The van der Waals surface area contributed by atoms with E-state index in [0.29, 0.717) is 17.2 Å². The summed E-state index contributed by atoms with van der Waals surface area (Å²) in [6, 6.07) is 38.3. The monoisotopic (exact) mass is 730 g/mol. The Bertz CT molecular complexity index is 2020. The van der Waals surface area contributed by atoms with E-state index in [1.807, 2.05) is 72.9 Å². The van der Waals surface area contributed by atoms with Crippen molar-refractivity contribution in [2.75, 3.05) is 9.80 Å². The first-order valence-electron chi connectivity index (χ1n) is 14.6. The minimum atomic E-state index is -0.0188. The molecule has 7 rings (SSSR count). The van der Waals surface area contributed by atoms with Crippen molar-refractivity contribution in [2.45, 2.75) is 26.2 Å². The van der Waals surface area contributed by atoms with Gasteiger partial charge >= 0.3 is 0 Å². The van der Waals surface area contributed by atoms with Gasteiger partial charge in [0.25, 0.3) is 0 Å². The molecule has 42 heavy (non-hydrogen) atoms. The van der Waals surface area contributed by atoms with E-state index in [0.717, 1.165) is 33.3 Å². The maximum absolute atomic E-state index is 8.58. The fourth-order valence-electron chi connectivity index (χ4n) is 5.06. The number of para-hydroxylation sites is 2. The number of fused-ring (bicyclic) bond motifs is 3. The van der Waals surface area contributed by atoms with Crippen LogP contribution in [0.5, 0.6) is 11.5 Å². The zero-order valence-corrected chi connectivity index (χ0v) is 25.7. The third-order valence-corrected chi connectivity index (χ3v) is 7.19. The van der Waals surface area contributed by atoms with E-state index >= 15 is 0 Å². The maximum Gasteiger partial charge on any atom is 0.135 e. The summed E-state index contributed by atoms with van der Waals surface area (Å²) >= 11 is 0. The number of pyridine rings is 1. The number of aromatic nitrogens is 2. The largest absolute Gasteiger partial charge is 0.509 e. The molecule has 212 valence electrons. The van der Waals surface area contributed by atoms with Crippen LogP contribution >= 0.6 is 0 Å². The van der Waals surface area contributed by atoms with E-state index in [1.165, 1.54) is 5.56 Å². The van der Waals surface area contributed by atoms with Gasteiger partial charge in [-0.25, -0.2) is 4.98 Å². The van der Waals surface area contributed by atoms with Crippen molar-refractivity contribution < 1.29 is 28.5 Å². The van der Waals surface area contributed by atoms with Crippen molar-refractivity contribution in [3.8, 4) is 17.3 Å². The maximum atomic E-state index is 8.58. The van der Waals surface area contributed by atoms with Gasteiger partial charge in [0.2, 0.25) is 0 Å². The SMILES string of the molecule is [2H]C1=C([2H])N(c2ccccc2)[CH-]N1c1[c-]c(Oc2[c-]c3c(cc2)c2ccccc2n3-c2cc(C(C)(C)C)ccn2)ccc1.[Pt]. The Morgan fingerprint density at radius 3 is 2.38 bits per heavy atom. The molecule has 1 aliphatic heterocycles.